The highest BCUT2D eigenvalue weighted by Crippen LogP contribution is 2.26. The number of rotatable bonds is 4. The van der Waals surface area contributed by atoms with Crippen LogP contribution in [0, 0.1) is 11.3 Å². The number of ether oxygens (including phenoxy) is 1. The molecular formula is C21H16N2O3. The second-order valence-corrected chi connectivity index (χ2v) is 5.58. The normalized spacial score (nSPS) is 11.0. The van der Waals surface area contributed by atoms with Crippen LogP contribution >= 0.6 is 0 Å². The average Bonchev–Trinajstić information content (AvgIpc) is 2.67. The number of carbonyl (C=O) groups excluding carboxylic acids is 1. The molecule has 3 aromatic rings. The summed E-state index contributed by atoms with van der Waals surface area (Å²) in [6.45, 7) is 0. The van der Waals surface area contributed by atoms with Gasteiger partial charge in [-0.1, -0.05) is 36.4 Å². The van der Waals surface area contributed by atoms with Crippen LogP contribution in [0.3, 0.4) is 0 Å². The third-order valence-corrected chi connectivity index (χ3v) is 3.94. The first-order valence-corrected chi connectivity index (χ1v) is 7.90. The predicted molar refractivity (Wildman–Crippen MR) is 101 cm³/mol. The third kappa shape index (κ3) is 3.50. The fourth-order valence-electron chi connectivity index (χ4n) is 2.60. The lowest BCUT2D eigenvalue weighted by Crippen LogP contribution is -2.13. The van der Waals surface area contributed by atoms with Crippen LogP contribution in [0.5, 0.6) is 11.5 Å². The van der Waals surface area contributed by atoms with Crippen molar-refractivity contribution < 1.29 is 14.6 Å². The van der Waals surface area contributed by atoms with Crippen molar-refractivity contribution in [3.8, 4) is 17.6 Å². The molecule has 5 nitrogen and oxygen atoms in total. The van der Waals surface area contributed by atoms with Gasteiger partial charge in [0.15, 0.2) is 0 Å². The molecule has 128 valence electrons. The van der Waals surface area contributed by atoms with Crippen molar-refractivity contribution >= 4 is 28.4 Å². The van der Waals surface area contributed by atoms with E-state index in [4.69, 9.17) is 4.74 Å². The second kappa shape index (κ2) is 7.41. The summed E-state index contributed by atoms with van der Waals surface area (Å²) in [4.78, 5) is 12.5. The van der Waals surface area contributed by atoms with Gasteiger partial charge in [0.25, 0.3) is 5.91 Å². The zero-order valence-electron chi connectivity index (χ0n) is 14.1. The van der Waals surface area contributed by atoms with Gasteiger partial charge in [-0.2, -0.15) is 5.26 Å². The summed E-state index contributed by atoms with van der Waals surface area (Å²) in [6.07, 6.45) is 1.33. The summed E-state index contributed by atoms with van der Waals surface area (Å²) in [7, 11) is 1.50. The van der Waals surface area contributed by atoms with Crippen LogP contribution in [-0.2, 0) is 4.79 Å². The quantitative estimate of drug-likeness (QED) is 0.551. The fourth-order valence-corrected chi connectivity index (χ4v) is 2.60. The summed E-state index contributed by atoms with van der Waals surface area (Å²) < 4.78 is 5.11. The lowest BCUT2D eigenvalue weighted by atomic mass is 10.1. The van der Waals surface area contributed by atoms with E-state index in [1.165, 1.54) is 19.3 Å². The zero-order valence-corrected chi connectivity index (χ0v) is 14.1. The highest BCUT2D eigenvalue weighted by atomic mass is 16.5. The molecule has 2 N–H and O–H groups in total. The number of nitriles is 1. The van der Waals surface area contributed by atoms with Gasteiger partial charge in [-0.3, -0.25) is 4.79 Å². The topological polar surface area (TPSA) is 82.3 Å². The number of amides is 1. The van der Waals surface area contributed by atoms with Crippen LogP contribution in [0.2, 0.25) is 0 Å². The van der Waals surface area contributed by atoms with E-state index in [0.717, 1.165) is 10.8 Å². The molecule has 0 aromatic heterocycles. The summed E-state index contributed by atoms with van der Waals surface area (Å²) in [5, 5.41) is 23.9. The van der Waals surface area contributed by atoms with Crippen LogP contribution in [0.1, 0.15) is 5.56 Å². The molecule has 3 aromatic carbocycles. The maximum absolute atomic E-state index is 12.5. The number of carbonyl (C=O) groups is 1. The molecule has 0 spiro atoms. The maximum atomic E-state index is 12.5. The molecule has 0 aliphatic rings. The predicted octanol–water partition coefficient (Wildman–Crippen LogP) is 4.10. The number of hydrogen-bond acceptors (Lipinski definition) is 4. The van der Waals surface area contributed by atoms with Crippen molar-refractivity contribution in [1.29, 1.82) is 5.26 Å². The monoisotopic (exact) mass is 344 g/mol. The summed E-state index contributed by atoms with van der Waals surface area (Å²) in [5.41, 5.74) is 0.819. The van der Waals surface area contributed by atoms with Gasteiger partial charge in [0.2, 0.25) is 0 Å². The summed E-state index contributed by atoms with van der Waals surface area (Å²) >= 11 is 0. The van der Waals surface area contributed by atoms with Crippen LogP contribution in [0.15, 0.2) is 66.2 Å². The summed E-state index contributed by atoms with van der Waals surface area (Å²) in [5.74, 6) is -0.0802. The molecule has 0 heterocycles. The first kappa shape index (κ1) is 17.1. The minimum atomic E-state index is -0.550. The lowest BCUT2D eigenvalue weighted by molar-refractivity contribution is -0.112. The molecule has 0 saturated heterocycles. The SMILES string of the molecule is COc1ccc(O)c(C=C(C#N)C(=O)Nc2cccc3ccccc23)c1. The van der Waals surface area contributed by atoms with E-state index in [-0.39, 0.29) is 11.3 Å². The number of methoxy groups -OCH3 is 1. The van der Waals surface area contributed by atoms with E-state index < -0.39 is 5.91 Å². The maximum Gasteiger partial charge on any atom is 0.266 e. The number of aromatic hydroxyl groups is 1. The molecule has 0 bridgehead atoms. The van der Waals surface area contributed by atoms with Crippen molar-refractivity contribution in [1.82, 2.24) is 0 Å². The Hall–Kier alpha value is -3.78. The van der Waals surface area contributed by atoms with E-state index in [9.17, 15) is 15.2 Å². The number of fused-ring (bicyclic) bond motifs is 1. The zero-order chi connectivity index (χ0) is 18.5. The Kier molecular flexibility index (Phi) is 4.86. The number of anilines is 1. The first-order chi connectivity index (χ1) is 12.6. The Morgan fingerprint density at radius 3 is 2.69 bits per heavy atom. The van der Waals surface area contributed by atoms with Crippen LogP contribution < -0.4 is 10.1 Å². The minimum absolute atomic E-state index is 0.0449. The number of benzene rings is 3. The van der Waals surface area contributed by atoms with Gasteiger partial charge in [0.05, 0.1) is 7.11 Å². The number of nitrogens with one attached hydrogen (secondary N) is 1. The van der Waals surface area contributed by atoms with Crippen molar-refractivity contribution in [2.45, 2.75) is 0 Å². The Morgan fingerprint density at radius 1 is 1.15 bits per heavy atom. The van der Waals surface area contributed by atoms with Crippen molar-refractivity contribution in [2.24, 2.45) is 0 Å². The molecule has 0 aliphatic carbocycles. The standard InChI is InChI=1S/C21H16N2O3/c1-26-17-9-10-20(24)15(12-17)11-16(13-22)21(25)23-19-8-4-6-14-5-2-3-7-18(14)19/h2-12,24H,1H3,(H,23,25). The molecule has 0 radical (unpaired) electrons. The summed E-state index contributed by atoms with van der Waals surface area (Å²) in [6, 6.07) is 19.7. The smallest absolute Gasteiger partial charge is 0.266 e. The molecule has 5 heteroatoms. The van der Waals surface area contributed by atoms with Crippen molar-refractivity contribution in [3.05, 3.63) is 71.8 Å². The van der Waals surface area contributed by atoms with E-state index in [2.05, 4.69) is 5.32 Å². The van der Waals surface area contributed by atoms with Crippen LogP contribution in [0.25, 0.3) is 16.8 Å². The Bertz CT molecular complexity index is 1040. The lowest BCUT2D eigenvalue weighted by Gasteiger charge is -2.09. The number of phenolic OH excluding ortho intramolecular Hbond substituents is 1. The molecule has 26 heavy (non-hydrogen) atoms. The Morgan fingerprint density at radius 2 is 1.92 bits per heavy atom. The fraction of sp³-hybridized carbons (Fsp3) is 0.0476. The van der Waals surface area contributed by atoms with Gasteiger partial charge >= 0.3 is 0 Å². The number of nitrogens with zero attached hydrogens (tertiary/aromatic N) is 1. The molecule has 0 aliphatic heterocycles. The second-order valence-electron chi connectivity index (χ2n) is 5.58. The van der Waals surface area contributed by atoms with E-state index >= 15 is 0 Å². The average molecular weight is 344 g/mol. The van der Waals surface area contributed by atoms with Gasteiger partial charge in [0, 0.05) is 16.6 Å². The molecule has 3 rings (SSSR count). The van der Waals surface area contributed by atoms with Crippen molar-refractivity contribution in [3.63, 3.8) is 0 Å². The molecule has 0 atom stereocenters. The van der Waals surface area contributed by atoms with Gasteiger partial charge < -0.3 is 15.2 Å². The highest BCUT2D eigenvalue weighted by Gasteiger charge is 2.12. The Balaban J connectivity index is 1.94. The van der Waals surface area contributed by atoms with Crippen LogP contribution in [-0.4, -0.2) is 18.1 Å². The molecule has 0 unspecified atom stereocenters. The number of hydrogen-bond donors (Lipinski definition) is 2. The van der Waals surface area contributed by atoms with Gasteiger partial charge in [-0.15, -0.1) is 0 Å². The van der Waals surface area contributed by atoms with E-state index in [0.29, 0.717) is 17.0 Å². The minimum Gasteiger partial charge on any atom is -0.507 e. The highest BCUT2D eigenvalue weighted by molar-refractivity contribution is 6.13. The largest absolute Gasteiger partial charge is 0.507 e. The van der Waals surface area contributed by atoms with Gasteiger partial charge in [0.1, 0.15) is 23.1 Å². The van der Waals surface area contributed by atoms with Gasteiger partial charge in [-0.25, -0.2) is 0 Å². The van der Waals surface area contributed by atoms with Crippen LogP contribution in [0.4, 0.5) is 5.69 Å². The first-order valence-electron chi connectivity index (χ1n) is 7.90. The molecule has 1 amide bonds. The van der Waals surface area contributed by atoms with Gasteiger partial charge in [-0.05, 0) is 35.7 Å². The Labute approximate surface area is 150 Å². The third-order valence-electron chi connectivity index (χ3n) is 3.94. The molecule has 0 fully saturated rings. The molecular weight excluding hydrogens is 328 g/mol. The van der Waals surface area contributed by atoms with Crippen molar-refractivity contribution in [2.75, 3.05) is 12.4 Å². The van der Waals surface area contributed by atoms with E-state index in [1.807, 2.05) is 42.5 Å². The molecule has 0 saturated carbocycles. The van der Waals surface area contributed by atoms with E-state index in [1.54, 1.807) is 18.2 Å². The number of phenols is 1.